The lowest BCUT2D eigenvalue weighted by molar-refractivity contribution is -0.0507. The van der Waals surface area contributed by atoms with Crippen LogP contribution in [0.1, 0.15) is 26.7 Å². The lowest BCUT2D eigenvalue weighted by Crippen LogP contribution is -2.42. The average molecular weight is 356 g/mol. The molecule has 3 rings (SSSR count). The number of hydrogen-bond donors (Lipinski definition) is 2. The fourth-order valence-electron chi connectivity index (χ4n) is 3.60. The van der Waals surface area contributed by atoms with Gasteiger partial charge in [0.15, 0.2) is 0 Å². The van der Waals surface area contributed by atoms with Crippen LogP contribution >= 0.6 is 0 Å². The number of benzene rings is 1. The van der Waals surface area contributed by atoms with E-state index in [1.54, 1.807) is 4.68 Å². The first-order chi connectivity index (χ1) is 12.5. The highest BCUT2D eigenvalue weighted by atomic mass is 16.5. The van der Waals surface area contributed by atoms with E-state index in [1.807, 2.05) is 43.6 Å². The standard InChI is InChI=1S/C20H28N4O2/c1-14(2)19-16(10-7-11-26-19)12-21-20(25)22-17-13-24(3)23-18(17)15-8-5-4-6-9-15/h4-6,8-9,13-14,16,19H,7,10-12H2,1-3H3,(H2,21,22,25). The van der Waals surface area contributed by atoms with Crippen molar-refractivity contribution in [3.05, 3.63) is 36.5 Å². The minimum atomic E-state index is -0.205. The molecule has 6 heteroatoms. The molecule has 1 saturated heterocycles. The summed E-state index contributed by atoms with van der Waals surface area (Å²) in [4.78, 5) is 12.4. The van der Waals surface area contributed by atoms with E-state index >= 15 is 0 Å². The number of ether oxygens (including phenoxy) is 1. The summed E-state index contributed by atoms with van der Waals surface area (Å²) >= 11 is 0. The number of carbonyl (C=O) groups excluding carboxylic acids is 1. The van der Waals surface area contributed by atoms with Crippen molar-refractivity contribution in [1.82, 2.24) is 15.1 Å². The maximum Gasteiger partial charge on any atom is 0.319 e. The number of urea groups is 1. The summed E-state index contributed by atoms with van der Waals surface area (Å²) in [5.74, 6) is 0.810. The molecule has 2 aromatic rings. The smallest absolute Gasteiger partial charge is 0.319 e. The molecule has 1 aliphatic heterocycles. The number of anilines is 1. The first kappa shape index (κ1) is 18.5. The lowest BCUT2D eigenvalue weighted by Gasteiger charge is -2.34. The van der Waals surface area contributed by atoms with Crippen molar-refractivity contribution in [2.75, 3.05) is 18.5 Å². The van der Waals surface area contributed by atoms with E-state index in [0.717, 1.165) is 30.7 Å². The second kappa shape index (κ2) is 8.36. The van der Waals surface area contributed by atoms with E-state index in [1.165, 1.54) is 0 Å². The third-order valence-electron chi connectivity index (χ3n) is 4.80. The van der Waals surface area contributed by atoms with E-state index in [0.29, 0.717) is 24.1 Å². The van der Waals surface area contributed by atoms with Gasteiger partial charge in [0.05, 0.1) is 11.8 Å². The van der Waals surface area contributed by atoms with E-state index in [2.05, 4.69) is 29.6 Å². The van der Waals surface area contributed by atoms with Gasteiger partial charge >= 0.3 is 6.03 Å². The Morgan fingerprint density at radius 3 is 2.85 bits per heavy atom. The Morgan fingerprint density at radius 2 is 2.12 bits per heavy atom. The zero-order valence-electron chi connectivity index (χ0n) is 15.7. The van der Waals surface area contributed by atoms with E-state index in [9.17, 15) is 4.79 Å². The second-order valence-electron chi connectivity index (χ2n) is 7.25. The minimum Gasteiger partial charge on any atom is -0.378 e. The van der Waals surface area contributed by atoms with E-state index in [-0.39, 0.29) is 12.1 Å². The fourth-order valence-corrected chi connectivity index (χ4v) is 3.60. The van der Waals surface area contributed by atoms with Crippen molar-refractivity contribution < 1.29 is 9.53 Å². The Balaban J connectivity index is 1.62. The molecule has 1 aromatic heterocycles. The number of nitrogens with zero attached hydrogens (tertiary/aromatic N) is 2. The molecule has 0 saturated carbocycles. The fraction of sp³-hybridized carbons (Fsp3) is 0.500. The van der Waals surface area contributed by atoms with Crippen LogP contribution in [0.15, 0.2) is 36.5 Å². The van der Waals surface area contributed by atoms with Gasteiger partial charge < -0.3 is 15.4 Å². The highest BCUT2D eigenvalue weighted by Gasteiger charge is 2.28. The summed E-state index contributed by atoms with van der Waals surface area (Å²) < 4.78 is 7.61. The number of carbonyl (C=O) groups is 1. The lowest BCUT2D eigenvalue weighted by atomic mass is 9.87. The predicted molar refractivity (Wildman–Crippen MR) is 103 cm³/mol. The van der Waals surface area contributed by atoms with Crippen molar-refractivity contribution in [3.8, 4) is 11.3 Å². The third-order valence-corrected chi connectivity index (χ3v) is 4.80. The molecule has 6 nitrogen and oxygen atoms in total. The number of amides is 2. The maximum absolute atomic E-state index is 12.4. The van der Waals surface area contributed by atoms with Crippen molar-refractivity contribution in [2.45, 2.75) is 32.8 Å². The zero-order valence-corrected chi connectivity index (χ0v) is 15.7. The van der Waals surface area contributed by atoms with Crippen LogP contribution in [0.25, 0.3) is 11.3 Å². The van der Waals surface area contributed by atoms with Gasteiger partial charge in [-0.05, 0) is 18.8 Å². The quantitative estimate of drug-likeness (QED) is 0.859. The molecule has 2 unspecified atom stereocenters. The minimum absolute atomic E-state index is 0.205. The summed E-state index contributed by atoms with van der Waals surface area (Å²) in [5, 5.41) is 10.4. The number of nitrogens with one attached hydrogen (secondary N) is 2. The molecular weight excluding hydrogens is 328 g/mol. The van der Waals surface area contributed by atoms with Gasteiger partial charge in [-0.3, -0.25) is 4.68 Å². The van der Waals surface area contributed by atoms with Gasteiger partial charge in [-0.2, -0.15) is 5.10 Å². The van der Waals surface area contributed by atoms with Gasteiger partial charge in [0.1, 0.15) is 5.69 Å². The highest BCUT2D eigenvalue weighted by molar-refractivity contribution is 5.93. The predicted octanol–water partition coefficient (Wildman–Crippen LogP) is 3.66. The molecule has 1 aliphatic rings. The summed E-state index contributed by atoms with van der Waals surface area (Å²) in [6, 6.07) is 9.65. The van der Waals surface area contributed by atoms with Gasteiger partial charge in [0, 0.05) is 37.9 Å². The molecule has 0 bridgehead atoms. The van der Waals surface area contributed by atoms with Gasteiger partial charge in [-0.1, -0.05) is 44.2 Å². The molecule has 2 atom stereocenters. The number of rotatable bonds is 5. The molecular formula is C20H28N4O2. The largest absolute Gasteiger partial charge is 0.378 e. The Bertz CT molecular complexity index is 727. The van der Waals surface area contributed by atoms with Crippen LogP contribution in [0.4, 0.5) is 10.5 Å². The highest BCUT2D eigenvalue weighted by Crippen LogP contribution is 2.27. The molecule has 1 aromatic carbocycles. The summed E-state index contributed by atoms with van der Waals surface area (Å²) in [6.07, 6.45) is 4.17. The molecule has 2 heterocycles. The first-order valence-corrected chi connectivity index (χ1v) is 9.30. The third kappa shape index (κ3) is 4.43. The molecule has 26 heavy (non-hydrogen) atoms. The van der Waals surface area contributed by atoms with Crippen LogP contribution in [0.3, 0.4) is 0 Å². The second-order valence-corrected chi connectivity index (χ2v) is 7.25. The first-order valence-electron chi connectivity index (χ1n) is 9.30. The van der Waals surface area contributed by atoms with Gasteiger partial charge in [-0.25, -0.2) is 4.79 Å². The maximum atomic E-state index is 12.4. The molecule has 0 radical (unpaired) electrons. The SMILES string of the molecule is CC(C)C1OCCCC1CNC(=O)Nc1cn(C)nc1-c1ccccc1. The van der Waals surface area contributed by atoms with Gasteiger partial charge in [0.25, 0.3) is 0 Å². The molecule has 140 valence electrons. The van der Waals surface area contributed by atoms with Crippen molar-refractivity contribution in [2.24, 2.45) is 18.9 Å². The van der Waals surface area contributed by atoms with Crippen LogP contribution in [-0.2, 0) is 11.8 Å². The monoisotopic (exact) mass is 356 g/mol. The van der Waals surface area contributed by atoms with E-state index in [4.69, 9.17) is 4.74 Å². The number of hydrogen-bond acceptors (Lipinski definition) is 3. The molecule has 0 spiro atoms. The van der Waals surface area contributed by atoms with Crippen LogP contribution in [-0.4, -0.2) is 35.1 Å². The molecule has 2 N–H and O–H groups in total. The van der Waals surface area contributed by atoms with E-state index < -0.39 is 0 Å². The summed E-state index contributed by atoms with van der Waals surface area (Å²) in [5.41, 5.74) is 2.45. The Hall–Kier alpha value is -2.34. The van der Waals surface area contributed by atoms with Crippen LogP contribution in [0.5, 0.6) is 0 Å². The Morgan fingerprint density at radius 1 is 1.35 bits per heavy atom. The van der Waals surface area contributed by atoms with Gasteiger partial charge in [0.2, 0.25) is 0 Å². The average Bonchev–Trinajstić information content (AvgIpc) is 3.01. The topological polar surface area (TPSA) is 68.2 Å². The molecule has 0 aliphatic carbocycles. The van der Waals surface area contributed by atoms with Crippen molar-refractivity contribution in [3.63, 3.8) is 0 Å². The molecule has 2 amide bonds. The molecule has 1 fully saturated rings. The summed E-state index contributed by atoms with van der Waals surface area (Å²) in [6.45, 7) is 5.78. The van der Waals surface area contributed by atoms with Crippen LogP contribution in [0.2, 0.25) is 0 Å². The Labute approximate surface area is 154 Å². The Kier molecular flexibility index (Phi) is 5.93. The van der Waals surface area contributed by atoms with Crippen LogP contribution in [0, 0.1) is 11.8 Å². The zero-order chi connectivity index (χ0) is 18.5. The number of aromatic nitrogens is 2. The number of aryl methyl sites for hydroxylation is 1. The van der Waals surface area contributed by atoms with Gasteiger partial charge in [-0.15, -0.1) is 0 Å². The summed E-state index contributed by atoms with van der Waals surface area (Å²) in [7, 11) is 1.85. The van der Waals surface area contributed by atoms with Crippen LogP contribution < -0.4 is 10.6 Å². The van der Waals surface area contributed by atoms with Crippen molar-refractivity contribution in [1.29, 1.82) is 0 Å². The normalized spacial score (nSPS) is 20.2. The van der Waals surface area contributed by atoms with Crippen molar-refractivity contribution >= 4 is 11.7 Å².